The number of nitrogens with one attached hydrogen (secondary N) is 1. The minimum atomic E-state index is -4.33. The minimum absolute atomic E-state index is 0.0186. The van der Waals surface area contributed by atoms with Crippen LogP contribution in [0, 0.1) is 0 Å². The highest BCUT2D eigenvalue weighted by atomic mass is 19.4. The van der Waals surface area contributed by atoms with Gasteiger partial charge in [-0.3, -0.25) is 9.69 Å². The van der Waals surface area contributed by atoms with Crippen molar-refractivity contribution >= 4 is 11.6 Å². The van der Waals surface area contributed by atoms with Crippen molar-refractivity contribution in [1.82, 2.24) is 10.2 Å². The SMILES string of the molecule is CCCCCCC1CN(c2cccc(C(F)(F)F)c2)CCN1CCC(=O)NC. The summed E-state index contributed by atoms with van der Waals surface area (Å²) in [4.78, 5) is 16.0. The number of halogens is 3. The fraction of sp³-hybridized carbons (Fsp3) is 0.667. The molecule has 1 N–H and O–H groups in total. The monoisotopic (exact) mass is 399 g/mol. The van der Waals surface area contributed by atoms with Crippen molar-refractivity contribution in [3.63, 3.8) is 0 Å². The molecule has 0 bridgehead atoms. The Bertz CT molecular complexity index is 621. The first-order valence-corrected chi connectivity index (χ1v) is 10.2. The Morgan fingerprint density at radius 2 is 2.00 bits per heavy atom. The van der Waals surface area contributed by atoms with Crippen LogP contribution in [0.3, 0.4) is 0 Å². The Kier molecular flexibility index (Phi) is 8.60. The number of unbranched alkanes of at least 4 members (excludes halogenated alkanes) is 3. The maximum atomic E-state index is 13.1. The minimum Gasteiger partial charge on any atom is -0.369 e. The molecule has 0 spiro atoms. The molecule has 2 rings (SSSR count). The molecule has 1 fully saturated rings. The largest absolute Gasteiger partial charge is 0.416 e. The molecule has 1 saturated heterocycles. The van der Waals surface area contributed by atoms with Crippen LogP contribution in [0.2, 0.25) is 0 Å². The van der Waals surface area contributed by atoms with Crippen molar-refractivity contribution in [3.05, 3.63) is 29.8 Å². The van der Waals surface area contributed by atoms with E-state index < -0.39 is 11.7 Å². The van der Waals surface area contributed by atoms with E-state index in [2.05, 4.69) is 22.0 Å². The molecule has 1 aromatic carbocycles. The number of alkyl halides is 3. The van der Waals surface area contributed by atoms with E-state index in [1.807, 2.05) is 0 Å². The molecule has 158 valence electrons. The predicted molar refractivity (Wildman–Crippen MR) is 106 cm³/mol. The lowest BCUT2D eigenvalue weighted by Crippen LogP contribution is -2.53. The fourth-order valence-electron chi connectivity index (χ4n) is 3.75. The third-order valence-corrected chi connectivity index (χ3v) is 5.44. The molecule has 1 aromatic rings. The van der Waals surface area contributed by atoms with Crippen LogP contribution in [0.1, 0.15) is 51.0 Å². The smallest absolute Gasteiger partial charge is 0.369 e. The Morgan fingerprint density at radius 3 is 2.68 bits per heavy atom. The third kappa shape index (κ3) is 6.69. The van der Waals surface area contributed by atoms with Gasteiger partial charge >= 0.3 is 6.18 Å². The fourth-order valence-corrected chi connectivity index (χ4v) is 3.75. The van der Waals surface area contributed by atoms with Crippen LogP contribution >= 0.6 is 0 Å². The zero-order valence-electron chi connectivity index (χ0n) is 16.9. The summed E-state index contributed by atoms with van der Waals surface area (Å²) >= 11 is 0. The molecule has 28 heavy (non-hydrogen) atoms. The van der Waals surface area contributed by atoms with Crippen molar-refractivity contribution in [2.75, 3.05) is 38.1 Å². The van der Waals surface area contributed by atoms with Crippen molar-refractivity contribution in [1.29, 1.82) is 0 Å². The molecule has 1 aliphatic rings. The van der Waals surface area contributed by atoms with Crippen LogP contribution in [0.4, 0.5) is 18.9 Å². The van der Waals surface area contributed by atoms with Gasteiger partial charge in [0.1, 0.15) is 0 Å². The highest BCUT2D eigenvalue weighted by Gasteiger charge is 2.32. The highest BCUT2D eigenvalue weighted by Crippen LogP contribution is 2.32. The molecule has 0 aromatic heterocycles. The number of carbonyl (C=O) groups is 1. The first kappa shape index (κ1) is 22.5. The quantitative estimate of drug-likeness (QED) is 0.629. The molecule has 0 aliphatic carbocycles. The number of nitrogens with zero attached hydrogens (tertiary/aromatic N) is 2. The number of amides is 1. The summed E-state index contributed by atoms with van der Waals surface area (Å²) in [5.74, 6) is 0.0186. The average Bonchev–Trinajstić information content (AvgIpc) is 2.69. The standard InChI is InChI=1S/C21H32F3N3O/c1-3-4-5-6-9-19-16-27(14-13-26(19)12-11-20(28)25-2)18-10-7-8-17(15-18)21(22,23)24/h7-8,10,15,19H,3-6,9,11-14,16H2,1-2H3,(H,25,28). The van der Waals surface area contributed by atoms with Crippen molar-refractivity contribution < 1.29 is 18.0 Å². The van der Waals surface area contributed by atoms with Crippen molar-refractivity contribution in [2.45, 2.75) is 57.7 Å². The van der Waals surface area contributed by atoms with Crippen LogP contribution in [0.5, 0.6) is 0 Å². The third-order valence-electron chi connectivity index (χ3n) is 5.44. The summed E-state index contributed by atoms with van der Waals surface area (Å²) in [6.07, 6.45) is 1.76. The number of hydrogen-bond acceptors (Lipinski definition) is 3. The first-order chi connectivity index (χ1) is 13.3. The van der Waals surface area contributed by atoms with Gasteiger partial charge in [-0.1, -0.05) is 38.7 Å². The summed E-state index contributed by atoms with van der Waals surface area (Å²) < 4.78 is 39.2. The molecule has 1 aliphatic heterocycles. The van der Waals surface area contributed by atoms with Gasteiger partial charge in [-0.25, -0.2) is 0 Å². The number of piperazine rings is 1. The molecular formula is C21H32F3N3O. The number of hydrogen-bond donors (Lipinski definition) is 1. The van der Waals surface area contributed by atoms with Gasteiger partial charge in [0, 0.05) is 51.4 Å². The lowest BCUT2D eigenvalue weighted by molar-refractivity contribution is -0.137. The normalized spacial score (nSPS) is 18.3. The van der Waals surface area contributed by atoms with Gasteiger partial charge < -0.3 is 10.2 Å². The van der Waals surface area contributed by atoms with E-state index in [-0.39, 0.29) is 11.9 Å². The van der Waals surface area contributed by atoms with Crippen molar-refractivity contribution in [3.8, 4) is 0 Å². The maximum absolute atomic E-state index is 13.1. The summed E-state index contributed by atoms with van der Waals surface area (Å²) in [5, 5.41) is 2.65. The summed E-state index contributed by atoms with van der Waals surface area (Å²) in [7, 11) is 1.64. The van der Waals surface area contributed by atoms with E-state index >= 15 is 0 Å². The zero-order valence-corrected chi connectivity index (χ0v) is 16.9. The number of carbonyl (C=O) groups excluding carboxylic acids is 1. The molecule has 1 heterocycles. The molecule has 7 heteroatoms. The predicted octanol–water partition coefficient (Wildman–Crippen LogP) is 4.30. The van der Waals surface area contributed by atoms with Crippen LogP contribution < -0.4 is 10.2 Å². The van der Waals surface area contributed by atoms with E-state index in [0.29, 0.717) is 31.7 Å². The first-order valence-electron chi connectivity index (χ1n) is 10.2. The maximum Gasteiger partial charge on any atom is 0.416 e. The molecular weight excluding hydrogens is 367 g/mol. The summed E-state index contributed by atoms with van der Waals surface area (Å²) in [5.41, 5.74) is 0.0193. The van der Waals surface area contributed by atoms with Gasteiger partial charge in [0.2, 0.25) is 5.91 Å². The lowest BCUT2D eigenvalue weighted by Gasteiger charge is -2.42. The molecule has 0 saturated carbocycles. The molecule has 0 radical (unpaired) electrons. The van der Waals surface area contributed by atoms with Crippen molar-refractivity contribution in [2.24, 2.45) is 0 Å². The second-order valence-corrected chi connectivity index (χ2v) is 7.46. The van der Waals surface area contributed by atoms with E-state index in [0.717, 1.165) is 25.5 Å². The van der Waals surface area contributed by atoms with Crippen LogP contribution in [0.15, 0.2) is 24.3 Å². The highest BCUT2D eigenvalue weighted by molar-refractivity contribution is 5.75. The van der Waals surface area contributed by atoms with Crippen LogP contribution in [0.25, 0.3) is 0 Å². The Balaban J connectivity index is 2.05. The number of anilines is 1. The second-order valence-electron chi connectivity index (χ2n) is 7.46. The van der Waals surface area contributed by atoms with E-state index in [1.165, 1.54) is 31.4 Å². The Labute approximate surface area is 166 Å². The van der Waals surface area contributed by atoms with Gasteiger partial charge in [0.25, 0.3) is 0 Å². The molecule has 1 unspecified atom stereocenters. The average molecular weight is 400 g/mol. The number of rotatable bonds is 9. The van der Waals surface area contributed by atoms with E-state index in [9.17, 15) is 18.0 Å². The van der Waals surface area contributed by atoms with Crippen LogP contribution in [-0.2, 0) is 11.0 Å². The van der Waals surface area contributed by atoms with Gasteiger partial charge in [-0.2, -0.15) is 13.2 Å². The Morgan fingerprint density at radius 1 is 1.21 bits per heavy atom. The summed E-state index contributed by atoms with van der Waals surface area (Å²) in [6, 6.07) is 5.85. The van der Waals surface area contributed by atoms with Gasteiger partial charge in [-0.05, 0) is 24.6 Å². The number of benzene rings is 1. The zero-order chi connectivity index (χ0) is 20.6. The molecule has 4 nitrogen and oxygen atoms in total. The van der Waals surface area contributed by atoms with Gasteiger partial charge in [0.15, 0.2) is 0 Å². The van der Waals surface area contributed by atoms with Crippen LogP contribution in [-0.4, -0.2) is 50.1 Å². The lowest BCUT2D eigenvalue weighted by atomic mass is 10.0. The van der Waals surface area contributed by atoms with E-state index in [1.54, 1.807) is 13.1 Å². The second kappa shape index (κ2) is 10.7. The van der Waals surface area contributed by atoms with Gasteiger partial charge in [0.05, 0.1) is 5.56 Å². The molecule has 1 atom stereocenters. The Hall–Kier alpha value is -1.76. The summed E-state index contributed by atoms with van der Waals surface area (Å²) in [6.45, 7) is 4.98. The van der Waals surface area contributed by atoms with E-state index in [4.69, 9.17) is 0 Å². The topological polar surface area (TPSA) is 35.6 Å². The molecule has 1 amide bonds. The van der Waals surface area contributed by atoms with Gasteiger partial charge in [-0.15, -0.1) is 0 Å².